The third-order valence-corrected chi connectivity index (χ3v) is 4.34. The third kappa shape index (κ3) is 5.03. The van der Waals surface area contributed by atoms with Gasteiger partial charge in [0.1, 0.15) is 4.88 Å². The topological polar surface area (TPSA) is 82.1 Å². The highest BCUT2D eigenvalue weighted by molar-refractivity contribution is 7.48. The standard InChI is InChI=1S/C12H15O6PS/c1-3-6-16-19(15,17-7-4-2)18-9-10-5-8-20-11(10)12(13)14/h3-5,8H,1-2,6-7,9H2,(H,13,14). The molecule has 1 aromatic heterocycles. The summed E-state index contributed by atoms with van der Waals surface area (Å²) in [7, 11) is -3.77. The summed E-state index contributed by atoms with van der Waals surface area (Å²) in [6, 6.07) is 1.58. The molecule has 8 heteroatoms. The Bertz CT molecular complexity index is 508. The average molecular weight is 318 g/mol. The fourth-order valence-corrected chi connectivity index (χ4v) is 3.03. The zero-order chi connectivity index (χ0) is 15.0. The molecule has 0 aliphatic carbocycles. The van der Waals surface area contributed by atoms with Gasteiger partial charge in [-0.3, -0.25) is 13.6 Å². The van der Waals surface area contributed by atoms with Crippen LogP contribution in [0.1, 0.15) is 15.2 Å². The minimum Gasteiger partial charge on any atom is -0.477 e. The molecule has 0 radical (unpaired) electrons. The van der Waals surface area contributed by atoms with Crippen LogP contribution in [0, 0.1) is 0 Å². The lowest BCUT2D eigenvalue weighted by atomic mass is 10.3. The van der Waals surface area contributed by atoms with E-state index in [4.69, 9.17) is 18.7 Å². The largest absolute Gasteiger partial charge is 0.477 e. The molecular formula is C12H15O6PS. The van der Waals surface area contributed by atoms with Crippen molar-refractivity contribution >= 4 is 25.1 Å². The second-order valence-electron chi connectivity index (χ2n) is 3.47. The molecule has 1 rings (SSSR count). The highest BCUT2D eigenvalue weighted by atomic mass is 32.1. The maximum atomic E-state index is 12.2. The van der Waals surface area contributed by atoms with Crippen LogP contribution in [-0.4, -0.2) is 24.3 Å². The Hall–Kier alpha value is -1.24. The van der Waals surface area contributed by atoms with Crippen molar-refractivity contribution in [1.29, 1.82) is 0 Å². The van der Waals surface area contributed by atoms with Gasteiger partial charge in [0.25, 0.3) is 0 Å². The summed E-state index contributed by atoms with van der Waals surface area (Å²) in [5, 5.41) is 10.6. The molecule has 0 atom stereocenters. The fraction of sp³-hybridized carbons (Fsp3) is 0.250. The number of hydrogen-bond acceptors (Lipinski definition) is 6. The molecule has 0 amide bonds. The number of carboxylic acids is 1. The first-order valence-corrected chi connectivity index (χ1v) is 7.91. The first kappa shape index (κ1) is 16.8. The molecule has 0 aromatic carbocycles. The molecule has 0 aliphatic rings. The monoisotopic (exact) mass is 318 g/mol. The van der Waals surface area contributed by atoms with Crippen LogP contribution in [0.5, 0.6) is 0 Å². The van der Waals surface area contributed by atoms with Crippen molar-refractivity contribution in [2.24, 2.45) is 0 Å². The predicted molar refractivity (Wildman–Crippen MR) is 76.0 cm³/mol. The van der Waals surface area contributed by atoms with Crippen LogP contribution in [0.3, 0.4) is 0 Å². The van der Waals surface area contributed by atoms with E-state index in [0.717, 1.165) is 11.3 Å². The van der Waals surface area contributed by atoms with Gasteiger partial charge in [0.05, 0.1) is 19.8 Å². The fourth-order valence-electron chi connectivity index (χ4n) is 1.19. The van der Waals surface area contributed by atoms with Crippen molar-refractivity contribution in [2.75, 3.05) is 13.2 Å². The van der Waals surface area contributed by atoms with E-state index >= 15 is 0 Å². The van der Waals surface area contributed by atoms with E-state index in [2.05, 4.69) is 13.2 Å². The quantitative estimate of drug-likeness (QED) is 0.525. The van der Waals surface area contributed by atoms with Crippen molar-refractivity contribution in [3.63, 3.8) is 0 Å². The van der Waals surface area contributed by atoms with E-state index in [-0.39, 0.29) is 24.7 Å². The zero-order valence-corrected chi connectivity index (χ0v) is 12.4. The second-order valence-corrected chi connectivity index (χ2v) is 6.05. The van der Waals surface area contributed by atoms with E-state index in [1.54, 1.807) is 11.4 Å². The Labute approximate surface area is 120 Å². The lowest BCUT2D eigenvalue weighted by Gasteiger charge is -2.16. The number of carbonyl (C=O) groups is 1. The summed E-state index contributed by atoms with van der Waals surface area (Å²) < 4.78 is 27.3. The summed E-state index contributed by atoms with van der Waals surface area (Å²) >= 11 is 1.06. The molecule has 110 valence electrons. The molecule has 0 saturated carbocycles. The highest BCUT2D eigenvalue weighted by Gasteiger charge is 2.27. The number of hydrogen-bond donors (Lipinski definition) is 1. The molecular weight excluding hydrogens is 303 g/mol. The normalized spacial score (nSPS) is 11.2. The van der Waals surface area contributed by atoms with E-state index in [0.29, 0.717) is 5.56 Å². The van der Waals surface area contributed by atoms with Crippen molar-refractivity contribution in [3.8, 4) is 0 Å². The van der Waals surface area contributed by atoms with Gasteiger partial charge in [-0.05, 0) is 11.4 Å². The van der Waals surface area contributed by atoms with E-state index in [1.165, 1.54) is 12.2 Å². The Balaban J connectivity index is 2.72. The van der Waals surface area contributed by atoms with Gasteiger partial charge in [-0.2, -0.15) is 0 Å². The van der Waals surface area contributed by atoms with Crippen molar-refractivity contribution < 1.29 is 28.0 Å². The maximum Gasteiger partial charge on any atom is 0.475 e. The van der Waals surface area contributed by atoms with Gasteiger partial charge in [0.2, 0.25) is 0 Å². The van der Waals surface area contributed by atoms with Crippen molar-refractivity contribution in [2.45, 2.75) is 6.61 Å². The number of phosphoric acid groups is 1. The minimum absolute atomic E-state index is 0.0101. The number of thiophene rings is 1. The Kier molecular flexibility index (Phi) is 6.84. The second kappa shape index (κ2) is 8.14. The molecule has 6 nitrogen and oxygen atoms in total. The summed E-state index contributed by atoms with van der Waals surface area (Å²) in [5.41, 5.74) is 0.409. The van der Waals surface area contributed by atoms with Gasteiger partial charge in [-0.25, -0.2) is 9.36 Å². The van der Waals surface area contributed by atoms with Crippen LogP contribution in [0.25, 0.3) is 0 Å². The molecule has 0 unspecified atom stereocenters. The highest BCUT2D eigenvalue weighted by Crippen LogP contribution is 2.50. The Morgan fingerprint density at radius 1 is 1.30 bits per heavy atom. The van der Waals surface area contributed by atoms with E-state index in [9.17, 15) is 9.36 Å². The molecule has 0 saturated heterocycles. The van der Waals surface area contributed by atoms with Gasteiger partial charge in [-0.15, -0.1) is 24.5 Å². The molecule has 0 spiro atoms. The summed E-state index contributed by atoms with van der Waals surface area (Å²) in [6.07, 6.45) is 2.81. The molecule has 1 heterocycles. The molecule has 0 fully saturated rings. The molecule has 20 heavy (non-hydrogen) atoms. The SMILES string of the molecule is C=CCOP(=O)(OCC=C)OCc1ccsc1C(=O)O. The lowest BCUT2D eigenvalue weighted by Crippen LogP contribution is -2.03. The number of phosphoric ester groups is 1. The molecule has 1 N–H and O–H groups in total. The van der Waals surface area contributed by atoms with E-state index in [1.807, 2.05) is 0 Å². The average Bonchev–Trinajstić information content (AvgIpc) is 2.90. The lowest BCUT2D eigenvalue weighted by molar-refractivity contribution is 0.0696. The van der Waals surface area contributed by atoms with Gasteiger partial charge in [0.15, 0.2) is 0 Å². The molecule has 1 aromatic rings. The molecule has 0 aliphatic heterocycles. The van der Waals surface area contributed by atoms with Gasteiger partial charge < -0.3 is 5.11 Å². The van der Waals surface area contributed by atoms with Crippen LogP contribution in [0.15, 0.2) is 36.8 Å². The summed E-state index contributed by atoms with van der Waals surface area (Å²) in [6.45, 7) is 6.67. The third-order valence-electron chi connectivity index (χ3n) is 2.02. The van der Waals surface area contributed by atoms with Gasteiger partial charge in [-0.1, -0.05) is 12.2 Å². The number of carboxylic acid groups (broad SMARTS) is 1. The van der Waals surface area contributed by atoms with Crippen LogP contribution in [-0.2, 0) is 24.7 Å². The maximum absolute atomic E-state index is 12.2. The van der Waals surface area contributed by atoms with Crippen molar-refractivity contribution in [3.05, 3.63) is 47.2 Å². The van der Waals surface area contributed by atoms with E-state index < -0.39 is 13.8 Å². The summed E-state index contributed by atoms with van der Waals surface area (Å²) in [5.74, 6) is -1.06. The van der Waals surface area contributed by atoms with Crippen LogP contribution in [0.4, 0.5) is 0 Å². The number of aromatic carboxylic acids is 1. The Morgan fingerprint density at radius 3 is 2.40 bits per heavy atom. The van der Waals surface area contributed by atoms with Gasteiger partial charge >= 0.3 is 13.8 Å². The zero-order valence-electron chi connectivity index (χ0n) is 10.7. The smallest absolute Gasteiger partial charge is 0.475 e. The Morgan fingerprint density at radius 2 is 1.90 bits per heavy atom. The first-order valence-electron chi connectivity index (χ1n) is 5.57. The van der Waals surface area contributed by atoms with Crippen LogP contribution >= 0.6 is 19.2 Å². The minimum atomic E-state index is -3.77. The van der Waals surface area contributed by atoms with Gasteiger partial charge in [0, 0.05) is 5.56 Å². The first-order chi connectivity index (χ1) is 9.52. The number of rotatable bonds is 10. The van der Waals surface area contributed by atoms with Crippen molar-refractivity contribution in [1.82, 2.24) is 0 Å². The van der Waals surface area contributed by atoms with Crippen LogP contribution < -0.4 is 0 Å². The molecule has 0 bridgehead atoms. The summed E-state index contributed by atoms with van der Waals surface area (Å²) in [4.78, 5) is 11.1. The van der Waals surface area contributed by atoms with Crippen LogP contribution in [0.2, 0.25) is 0 Å². The predicted octanol–water partition coefficient (Wildman–Crippen LogP) is 3.48.